The van der Waals surface area contributed by atoms with Crippen LogP contribution in [0.5, 0.6) is 0 Å². The highest BCUT2D eigenvalue weighted by Crippen LogP contribution is 2.40. The molecule has 1 saturated carbocycles. The molecule has 1 aliphatic heterocycles. The number of aromatic nitrogens is 2. The van der Waals surface area contributed by atoms with Crippen molar-refractivity contribution >= 4 is 11.6 Å². The van der Waals surface area contributed by atoms with E-state index in [0.717, 1.165) is 68.7 Å². The van der Waals surface area contributed by atoms with Crippen molar-refractivity contribution in [2.45, 2.75) is 63.6 Å². The molecule has 3 N–H and O–H groups in total. The Morgan fingerprint density at radius 3 is 2.73 bits per heavy atom. The molecule has 0 bridgehead atoms. The Labute approximate surface area is 219 Å². The van der Waals surface area contributed by atoms with Crippen molar-refractivity contribution in [2.24, 2.45) is 0 Å². The lowest BCUT2D eigenvalue weighted by atomic mass is 9.81. The second-order valence-electron chi connectivity index (χ2n) is 10.7. The first-order valence-corrected chi connectivity index (χ1v) is 13.6. The van der Waals surface area contributed by atoms with E-state index in [1.165, 1.54) is 5.56 Å². The molecule has 0 unspecified atom stereocenters. The fourth-order valence-electron chi connectivity index (χ4n) is 5.94. The third-order valence-corrected chi connectivity index (χ3v) is 8.06. The number of benzene rings is 2. The summed E-state index contributed by atoms with van der Waals surface area (Å²) >= 11 is 0. The monoisotopic (exact) mass is 501 g/mol. The van der Waals surface area contributed by atoms with Crippen LogP contribution in [0.1, 0.15) is 61.1 Å². The average molecular weight is 502 g/mol. The molecule has 1 aromatic heterocycles. The molecule has 3 aromatic rings. The quantitative estimate of drug-likeness (QED) is 0.439. The number of nitrogens with one attached hydrogen (secondary N) is 2. The number of imidazole rings is 1. The van der Waals surface area contributed by atoms with Gasteiger partial charge in [0.15, 0.2) is 5.69 Å². The predicted molar refractivity (Wildman–Crippen MR) is 148 cm³/mol. The van der Waals surface area contributed by atoms with Crippen LogP contribution in [0.2, 0.25) is 0 Å². The van der Waals surface area contributed by atoms with Crippen LogP contribution in [-0.4, -0.2) is 63.3 Å². The van der Waals surface area contributed by atoms with Gasteiger partial charge in [-0.3, -0.25) is 4.79 Å². The minimum absolute atomic E-state index is 0.0320. The van der Waals surface area contributed by atoms with E-state index in [-0.39, 0.29) is 18.0 Å². The molecule has 5 rings (SSSR count). The molecular weight excluding hydrogens is 462 g/mol. The first-order chi connectivity index (χ1) is 18.0. The van der Waals surface area contributed by atoms with Gasteiger partial charge in [-0.15, -0.1) is 0 Å². The first-order valence-electron chi connectivity index (χ1n) is 13.6. The molecule has 0 spiro atoms. The summed E-state index contributed by atoms with van der Waals surface area (Å²) in [5.74, 6) is -0.0320. The molecule has 2 fully saturated rings. The van der Waals surface area contributed by atoms with E-state index in [1.54, 1.807) is 6.33 Å². The van der Waals surface area contributed by atoms with Crippen molar-refractivity contribution in [1.82, 2.24) is 19.8 Å². The number of amides is 1. The highest BCUT2D eigenvalue weighted by atomic mass is 16.3. The SMILES string of the molecule is Cc1ccccc1NCC[C@@H]1CNCCN1C(=O)c1ncn([C@@H]2CCCC[C@]2(C)O)c1-c1ccccc1. The second kappa shape index (κ2) is 11.1. The fraction of sp³-hybridized carbons (Fsp3) is 0.467. The number of carbonyl (C=O) groups is 1. The second-order valence-corrected chi connectivity index (χ2v) is 10.7. The average Bonchev–Trinajstić information content (AvgIpc) is 3.34. The van der Waals surface area contributed by atoms with E-state index in [9.17, 15) is 9.90 Å². The van der Waals surface area contributed by atoms with Crippen LogP contribution in [0.4, 0.5) is 5.69 Å². The van der Waals surface area contributed by atoms with Crippen molar-refractivity contribution in [1.29, 1.82) is 0 Å². The van der Waals surface area contributed by atoms with E-state index >= 15 is 0 Å². The number of nitrogens with zero attached hydrogens (tertiary/aromatic N) is 3. The van der Waals surface area contributed by atoms with E-state index in [1.807, 2.05) is 54.3 Å². The lowest BCUT2D eigenvalue weighted by Crippen LogP contribution is -2.54. The molecule has 1 aliphatic carbocycles. The number of piperazine rings is 1. The third kappa shape index (κ3) is 5.43. The minimum atomic E-state index is -0.832. The van der Waals surface area contributed by atoms with Gasteiger partial charge in [0.05, 0.1) is 23.7 Å². The molecule has 1 saturated heterocycles. The Morgan fingerprint density at radius 1 is 1.16 bits per heavy atom. The van der Waals surface area contributed by atoms with Gasteiger partial charge in [0, 0.05) is 43.5 Å². The van der Waals surface area contributed by atoms with Crippen molar-refractivity contribution in [2.75, 3.05) is 31.5 Å². The summed E-state index contributed by atoms with van der Waals surface area (Å²) in [4.78, 5) is 20.8. The predicted octanol–water partition coefficient (Wildman–Crippen LogP) is 4.64. The summed E-state index contributed by atoms with van der Waals surface area (Å²) in [6, 6.07) is 18.3. The van der Waals surface area contributed by atoms with Crippen molar-refractivity contribution < 1.29 is 9.90 Å². The summed E-state index contributed by atoms with van der Waals surface area (Å²) in [5.41, 5.74) is 3.77. The van der Waals surface area contributed by atoms with Crippen molar-refractivity contribution in [3.8, 4) is 11.3 Å². The lowest BCUT2D eigenvalue weighted by Gasteiger charge is -2.39. The van der Waals surface area contributed by atoms with E-state index < -0.39 is 5.60 Å². The van der Waals surface area contributed by atoms with Gasteiger partial charge in [0.1, 0.15) is 0 Å². The maximum Gasteiger partial charge on any atom is 0.275 e. The zero-order valence-electron chi connectivity index (χ0n) is 22.0. The molecule has 37 heavy (non-hydrogen) atoms. The Bertz CT molecular complexity index is 1210. The third-order valence-electron chi connectivity index (χ3n) is 8.06. The summed E-state index contributed by atoms with van der Waals surface area (Å²) in [6.07, 6.45) is 6.31. The number of aryl methyl sites for hydroxylation is 1. The molecular formula is C30H39N5O2. The van der Waals surface area contributed by atoms with E-state index in [2.05, 4.69) is 34.3 Å². The molecule has 196 valence electrons. The van der Waals surface area contributed by atoms with Crippen LogP contribution >= 0.6 is 0 Å². The Kier molecular flexibility index (Phi) is 7.63. The maximum absolute atomic E-state index is 14.1. The molecule has 2 aliphatic rings. The number of anilines is 1. The Balaban J connectivity index is 1.41. The van der Waals surface area contributed by atoms with Gasteiger partial charge in [0.2, 0.25) is 0 Å². The molecule has 7 heteroatoms. The fourth-order valence-corrected chi connectivity index (χ4v) is 5.94. The largest absolute Gasteiger partial charge is 0.388 e. The number of aliphatic hydroxyl groups is 1. The zero-order chi connectivity index (χ0) is 25.8. The van der Waals surface area contributed by atoms with Gasteiger partial charge in [-0.2, -0.15) is 0 Å². The summed E-state index contributed by atoms with van der Waals surface area (Å²) in [6.45, 7) is 6.99. The molecule has 7 nitrogen and oxygen atoms in total. The van der Waals surface area contributed by atoms with Crippen LogP contribution in [0, 0.1) is 6.92 Å². The lowest BCUT2D eigenvalue weighted by molar-refractivity contribution is -0.0243. The van der Waals surface area contributed by atoms with Crippen molar-refractivity contribution in [3.63, 3.8) is 0 Å². The van der Waals surface area contributed by atoms with Gasteiger partial charge < -0.3 is 25.2 Å². The summed E-state index contributed by atoms with van der Waals surface area (Å²) < 4.78 is 2.07. The highest BCUT2D eigenvalue weighted by Gasteiger charge is 2.39. The number of para-hydroxylation sites is 1. The van der Waals surface area contributed by atoms with Crippen LogP contribution in [0.15, 0.2) is 60.9 Å². The topological polar surface area (TPSA) is 82.4 Å². The zero-order valence-corrected chi connectivity index (χ0v) is 22.0. The number of carbonyl (C=O) groups excluding carboxylic acids is 1. The van der Waals surface area contributed by atoms with Gasteiger partial charge in [0.25, 0.3) is 5.91 Å². The van der Waals surface area contributed by atoms with Gasteiger partial charge in [-0.25, -0.2) is 4.98 Å². The van der Waals surface area contributed by atoms with Crippen molar-refractivity contribution in [3.05, 3.63) is 72.2 Å². The number of hydrogen-bond donors (Lipinski definition) is 3. The molecule has 1 amide bonds. The normalized spacial score (nSPS) is 24.1. The van der Waals surface area contributed by atoms with Gasteiger partial charge in [-0.1, -0.05) is 61.4 Å². The van der Waals surface area contributed by atoms with E-state index in [0.29, 0.717) is 12.2 Å². The molecule has 2 aromatic carbocycles. The number of rotatable bonds is 7. The van der Waals surface area contributed by atoms with Crippen LogP contribution in [0.25, 0.3) is 11.3 Å². The highest BCUT2D eigenvalue weighted by molar-refractivity contribution is 5.98. The smallest absolute Gasteiger partial charge is 0.275 e. The maximum atomic E-state index is 14.1. The molecule has 0 radical (unpaired) electrons. The van der Waals surface area contributed by atoms with Crippen LogP contribution < -0.4 is 10.6 Å². The Morgan fingerprint density at radius 2 is 1.95 bits per heavy atom. The Hall–Kier alpha value is -3.16. The molecule has 2 heterocycles. The summed E-state index contributed by atoms with van der Waals surface area (Å²) in [5, 5.41) is 18.3. The standard InChI is InChI=1S/C30H39N5O2/c1-22-10-6-7-13-25(22)32-17-15-24-20-31-18-19-34(24)29(36)27-28(23-11-4-3-5-12-23)35(21-33-27)26-14-8-9-16-30(26,2)37/h3-7,10-13,21,24,26,31-32,37H,8-9,14-20H2,1-2H3/t24-,26-,30+/m1/s1. The van der Waals surface area contributed by atoms with Gasteiger partial charge >= 0.3 is 0 Å². The van der Waals surface area contributed by atoms with Crippen LogP contribution in [0.3, 0.4) is 0 Å². The molecule has 3 atom stereocenters. The number of hydrogen-bond acceptors (Lipinski definition) is 5. The van der Waals surface area contributed by atoms with Gasteiger partial charge in [-0.05, 0) is 44.7 Å². The minimum Gasteiger partial charge on any atom is -0.388 e. The summed E-state index contributed by atoms with van der Waals surface area (Å²) in [7, 11) is 0. The van der Waals surface area contributed by atoms with E-state index in [4.69, 9.17) is 4.98 Å². The first kappa shape index (κ1) is 25.5. The van der Waals surface area contributed by atoms with Crippen LogP contribution in [-0.2, 0) is 0 Å².